The van der Waals surface area contributed by atoms with Gasteiger partial charge in [0.15, 0.2) is 0 Å². The molecule has 0 aromatic carbocycles. The topological polar surface area (TPSA) is 51.8 Å². The number of nitrogens with two attached hydrogens (primary N) is 1. The maximum atomic E-state index is 5.57. The molecule has 2 bridgehead atoms. The van der Waals surface area contributed by atoms with Crippen molar-refractivity contribution < 1.29 is 0 Å². The molecule has 4 heteroatoms. The highest BCUT2D eigenvalue weighted by molar-refractivity contribution is 7.15. The molecule has 3 unspecified atom stereocenters. The Morgan fingerprint density at radius 2 is 2.23 bits per heavy atom. The largest absolute Gasteiger partial charge is 0.374 e. The number of hydrogen-bond donors (Lipinski definition) is 1. The zero-order chi connectivity index (χ0) is 8.84. The molecule has 0 spiro atoms. The Labute approximate surface area is 80.7 Å². The number of nitrogen functional groups attached to an aromatic ring is 1. The summed E-state index contributed by atoms with van der Waals surface area (Å²) in [4.78, 5) is 0. The van der Waals surface area contributed by atoms with Crippen molar-refractivity contribution >= 4 is 16.5 Å². The second kappa shape index (κ2) is 2.54. The highest BCUT2D eigenvalue weighted by Crippen LogP contribution is 2.49. The maximum absolute atomic E-state index is 5.57. The molecule has 3 atom stereocenters. The molecule has 0 aliphatic heterocycles. The smallest absolute Gasteiger partial charge is 0.203 e. The molecule has 1 heterocycles. The molecule has 3 nitrogen and oxygen atoms in total. The Hall–Kier alpha value is -0.900. The lowest BCUT2D eigenvalue weighted by Crippen LogP contribution is -2.04. The molecule has 0 amide bonds. The Bertz CT molecular complexity index is 357. The summed E-state index contributed by atoms with van der Waals surface area (Å²) >= 11 is 1.55. The fourth-order valence-electron chi connectivity index (χ4n) is 2.46. The number of nitrogens with zero attached hydrogens (tertiary/aromatic N) is 2. The predicted octanol–water partition coefficient (Wildman–Crippen LogP) is 1.80. The van der Waals surface area contributed by atoms with E-state index in [1.807, 2.05) is 0 Å². The van der Waals surface area contributed by atoms with Crippen LogP contribution in [0.15, 0.2) is 12.2 Å². The van der Waals surface area contributed by atoms with Crippen LogP contribution in [0.4, 0.5) is 5.13 Å². The molecule has 0 saturated heterocycles. The number of anilines is 1. The molecule has 1 fully saturated rings. The SMILES string of the molecule is Nc1nnc(C2CC3C=CC2C3)s1. The average Bonchev–Trinajstić information content (AvgIpc) is 2.77. The molecule has 68 valence electrons. The van der Waals surface area contributed by atoms with E-state index >= 15 is 0 Å². The Morgan fingerprint density at radius 3 is 2.77 bits per heavy atom. The van der Waals surface area contributed by atoms with Crippen LogP contribution in [0.5, 0.6) is 0 Å². The minimum absolute atomic E-state index is 0.599. The third kappa shape index (κ3) is 1.09. The summed E-state index contributed by atoms with van der Waals surface area (Å²) in [7, 11) is 0. The predicted molar refractivity (Wildman–Crippen MR) is 52.4 cm³/mol. The van der Waals surface area contributed by atoms with Crippen LogP contribution in [0.1, 0.15) is 23.8 Å². The summed E-state index contributed by atoms with van der Waals surface area (Å²) in [5.41, 5.74) is 5.57. The summed E-state index contributed by atoms with van der Waals surface area (Å²) in [5.74, 6) is 2.10. The van der Waals surface area contributed by atoms with E-state index in [-0.39, 0.29) is 0 Å². The molecule has 2 aliphatic carbocycles. The zero-order valence-corrected chi connectivity index (χ0v) is 8.00. The monoisotopic (exact) mass is 193 g/mol. The third-order valence-electron chi connectivity index (χ3n) is 3.05. The Morgan fingerprint density at radius 1 is 1.31 bits per heavy atom. The molecular weight excluding hydrogens is 182 g/mol. The van der Waals surface area contributed by atoms with Crippen molar-refractivity contribution in [2.75, 3.05) is 5.73 Å². The van der Waals surface area contributed by atoms with Gasteiger partial charge in [0.2, 0.25) is 5.13 Å². The Kier molecular flexibility index (Phi) is 1.47. The van der Waals surface area contributed by atoms with E-state index in [9.17, 15) is 0 Å². The van der Waals surface area contributed by atoms with Crippen molar-refractivity contribution in [2.45, 2.75) is 18.8 Å². The Balaban J connectivity index is 1.91. The fraction of sp³-hybridized carbons (Fsp3) is 0.556. The van der Waals surface area contributed by atoms with Gasteiger partial charge in [0, 0.05) is 5.92 Å². The quantitative estimate of drug-likeness (QED) is 0.692. The molecule has 3 rings (SSSR count). The highest BCUT2D eigenvalue weighted by Gasteiger charge is 2.38. The highest BCUT2D eigenvalue weighted by atomic mass is 32.1. The summed E-state index contributed by atoms with van der Waals surface area (Å²) in [6.45, 7) is 0. The van der Waals surface area contributed by atoms with Gasteiger partial charge >= 0.3 is 0 Å². The molecule has 13 heavy (non-hydrogen) atoms. The van der Waals surface area contributed by atoms with Gasteiger partial charge in [-0.2, -0.15) is 0 Å². The van der Waals surface area contributed by atoms with Gasteiger partial charge in [-0.25, -0.2) is 0 Å². The molecule has 1 aromatic rings. The number of rotatable bonds is 1. The number of allylic oxidation sites excluding steroid dienone is 2. The molecular formula is C9H11N3S. The molecule has 0 radical (unpaired) electrons. The average molecular weight is 193 g/mol. The molecule has 2 N–H and O–H groups in total. The van der Waals surface area contributed by atoms with Crippen molar-refractivity contribution in [3.63, 3.8) is 0 Å². The van der Waals surface area contributed by atoms with Crippen molar-refractivity contribution in [2.24, 2.45) is 11.8 Å². The lowest BCUT2D eigenvalue weighted by atomic mass is 9.94. The van der Waals surface area contributed by atoms with Gasteiger partial charge in [-0.15, -0.1) is 10.2 Å². The van der Waals surface area contributed by atoms with Crippen LogP contribution in [-0.2, 0) is 0 Å². The second-order valence-corrected chi connectivity index (χ2v) is 4.91. The normalized spacial score (nSPS) is 35.8. The van der Waals surface area contributed by atoms with E-state index in [1.54, 1.807) is 11.3 Å². The van der Waals surface area contributed by atoms with Crippen molar-refractivity contribution in [1.29, 1.82) is 0 Å². The first-order valence-corrected chi connectivity index (χ1v) is 5.42. The molecule has 1 aromatic heterocycles. The van der Waals surface area contributed by atoms with E-state index in [4.69, 9.17) is 5.73 Å². The van der Waals surface area contributed by atoms with Gasteiger partial charge in [-0.3, -0.25) is 0 Å². The van der Waals surface area contributed by atoms with Crippen LogP contribution in [0.3, 0.4) is 0 Å². The zero-order valence-electron chi connectivity index (χ0n) is 7.18. The fourth-order valence-corrected chi connectivity index (χ4v) is 3.26. The van der Waals surface area contributed by atoms with Crippen LogP contribution in [0.25, 0.3) is 0 Å². The van der Waals surface area contributed by atoms with E-state index in [0.717, 1.165) is 10.9 Å². The summed E-state index contributed by atoms with van der Waals surface area (Å²) in [6.07, 6.45) is 7.22. The van der Waals surface area contributed by atoms with Crippen LogP contribution in [0.2, 0.25) is 0 Å². The number of fused-ring (bicyclic) bond motifs is 2. The summed E-state index contributed by atoms with van der Waals surface area (Å²) < 4.78 is 0. The van der Waals surface area contributed by atoms with Crippen molar-refractivity contribution in [3.05, 3.63) is 17.2 Å². The second-order valence-electron chi connectivity index (χ2n) is 3.87. The van der Waals surface area contributed by atoms with Crippen LogP contribution < -0.4 is 5.73 Å². The van der Waals surface area contributed by atoms with Crippen LogP contribution >= 0.6 is 11.3 Å². The molecule has 1 saturated carbocycles. The van der Waals surface area contributed by atoms with E-state index < -0.39 is 0 Å². The minimum atomic E-state index is 0.599. The number of aromatic nitrogens is 2. The van der Waals surface area contributed by atoms with Gasteiger partial charge < -0.3 is 5.73 Å². The van der Waals surface area contributed by atoms with Crippen molar-refractivity contribution in [3.8, 4) is 0 Å². The maximum Gasteiger partial charge on any atom is 0.203 e. The summed E-state index contributed by atoms with van der Waals surface area (Å²) in [6, 6.07) is 0. The third-order valence-corrected chi connectivity index (χ3v) is 3.94. The van der Waals surface area contributed by atoms with Crippen LogP contribution in [0, 0.1) is 11.8 Å². The van der Waals surface area contributed by atoms with Crippen molar-refractivity contribution in [1.82, 2.24) is 10.2 Å². The lowest BCUT2D eigenvalue weighted by Gasteiger charge is -2.13. The number of hydrogen-bond acceptors (Lipinski definition) is 4. The van der Waals surface area contributed by atoms with Gasteiger partial charge in [-0.1, -0.05) is 23.5 Å². The first kappa shape index (κ1) is 7.50. The van der Waals surface area contributed by atoms with E-state index in [1.165, 1.54) is 12.8 Å². The molecule has 2 aliphatic rings. The van der Waals surface area contributed by atoms with E-state index in [2.05, 4.69) is 22.3 Å². The van der Waals surface area contributed by atoms with Gasteiger partial charge in [-0.05, 0) is 24.7 Å². The summed E-state index contributed by atoms with van der Waals surface area (Å²) in [5, 5.41) is 9.73. The first-order chi connectivity index (χ1) is 6.33. The van der Waals surface area contributed by atoms with Crippen LogP contribution in [-0.4, -0.2) is 10.2 Å². The minimum Gasteiger partial charge on any atom is -0.374 e. The lowest BCUT2D eigenvalue weighted by molar-refractivity contribution is 0.577. The van der Waals surface area contributed by atoms with Gasteiger partial charge in [0.05, 0.1) is 0 Å². The standard InChI is InChI=1S/C9H11N3S/c10-9-12-11-8(13-9)7-4-5-1-2-6(7)3-5/h1-2,5-7H,3-4H2,(H2,10,12). The van der Waals surface area contributed by atoms with Gasteiger partial charge in [0.1, 0.15) is 5.01 Å². The van der Waals surface area contributed by atoms with Gasteiger partial charge in [0.25, 0.3) is 0 Å². The van der Waals surface area contributed by atoms with E-state index in [0.29, 0.717) is 17.0 Å². The first-order valence-electron chi connectivity index (χ1n) is 4.60.